The van der Waals surface area contributed by atoms with Gasteiger partial charge in [-0.15, -0.1) is 0 Å². The van der Waals surface area contributed by atoms with Gasteiger partial charge in [0.05, 0.1) is 35.7 Å². The average molecular weight is 490 g/mol. The van der Waals surface area contributed by atoms with Gasteiger partial charge >= 0.3 is 0 Å². The summed E-state index contributed by atoms with van der Waals surface area (Å²) in [5, 5.41) is 2.19. The summed E-state index contributed by atoms with van der Waals surface area (Å²) < 4.78 is 83.9. The molecule has 32 heavy (non-hydrogen) atoms. The number of benzene rings is 2. The minimum Gasteiger partial charge on any atom is -0.379 e. The molecule has 1 N–H and O–H groups in total. The molecule has 0 aromatic heterocycles. The normalized spacial score (nSPS) is 15.3. The van der Waals surface area contributed by atoms with E-state index >= 15 is 0 Å². The number of anilines is 2. The molecule has 1 amide bonds. The number of morpholine rings is 1. The highest BCUT2D eigenvalue weighted by atomic mass is 32.2. The third-order valence-electron chi connectivity index (χ3n) is 4.63. The number of nitrogens with one attached hydrogen (secondary N) is 1. The fraction of sp³-hybridized carbons (Fsp3) is 0.316. The first-order chi connectivity index (χ1) is 15.0. The van der Waals surface area contributed by atoms with E-state index in [1.165, 1.54) is 28.6 Å². The van der Waals surface area contributed by atoms with Gasteiger partial charge in [-0.1, -0.05) is 0 Å². The number of hydrogen-bond donors (Lipinski definition) is 1. The zero-order valence-electron chi connectivity index (χ0n) is 17.0. The molecule has 174 valence electrons. The number of carbonyl (C=O) groups excluding carboxylic acids is 1. The van der Waals surface area contributed by atoms with Crippen molar-refractivity contribution in [2.45, 2.75) is 4.90 Å². The monoisotopic (exact) mass is 489 g/mol. The first kappa shape index (κ1) is 24.0. The molecule has 0 radical (unpaired) electrons. The minimum atomic E-state index is -3.95. The van der Waals surface area contributed by atoms with Crippen molar-refractivity contribution in [3.8, 4) is 0 Å². The summed E-state index contributed by atoms with van der Waals surface area (Å²) in [5.41, 5.74) is -0.264. The average Bonchev–Trinajstić information content (AvgIpc) is 2.74. The van der Waals surface area contributed by atoms with Crippen molar-refractivity contribution < 1.29 is 35.1 Å². The number of amides is 1. The Morgan fingerprint density at radius 2 is 1.69 bits per heavy atom. The molecule has 1 aliphatic heterocycles. The Balaban J connectivity index is 1.79. The van der Waals surface area contributed by atoms with Crippen molar-refractivity contribution in [1.29, 1.82) is 0 Å². The molecule has 0 bridgehead atoms. The van der Waals surface area contributed by atoms with Gasteiger partial charge in [0.1, 0.15) is 18.2 Å². The van der Waals surface area contributed by atoms with Crippen LogP contribution in [0.2, 0.25) is 0 Å². The van der Waals surface area contributed by atoms with Crippen molar-refractivity contribution in [3.05, 3.63) is 54.1 Å². The van der Waals surface area contributed by atoms with Crippen LogP contribution in [-0.2, 0) is 29.6 Å². The Labute approximate surface area is 184 Å². The van der Waals surface area contributed by atoms with Crippen molar-refractivity contribution >= 4 is 37.3 Å². The predicted octanol–water partition coefficient (Wildman–Crippen LogP) is 1.39. The van der Waals surface area contributed by atoms with E-state index < -0.39 is 44.1 Å². The summed E-state index contributed by atoms with van der Waals surface area (Å²) in [6.07, 6.45) is 0.872. The molecule has 9 nitrogen and oxygen atoms in total. The molecule has 0 spiro atoms. The Morgan fingerprint density at radius 3 is 2.25 bits per heavy atom. The van der Waals surface area contributed by atoms with Crippen LogP contribution in [0.25, 0.3) is 0 Å². The number of hydrogen-bond acceptors (Lipinski definition) is 6. The zero-order valence-corrected chi connectivity index (χ0v) is 18.6. The molecule has 2 aromatic rings. The Hall–Kier alpha value is -2.61. The molecule has 1 aliphatic rings. The van der Waals surface area contributed by atoms with Gasteiger partial charge in [0.25, 0.3) is 0 Å². The summed E-state index contributed by atoms with van der Waals surface area (Å²) in [6, 6.07) is 7.56. The fourth-order valence-corrected chi connectivity index (χ4v) is 5.30. The maximum atomic E-state index is 13.8. The van der Waals surface area contributed by atoms with Gasteiger partial charge in [0, 0.05) is 19.2 Å². The van der Waals surface area contributed by atoms with Crippen LogP contribution >= 0.6 is 0 Å². The highest BCUT2D eigenvalue weighted by Crippen LogP contribution is 2.23. The van der Waals surface area contributed by atoms with Crippen molar-refractivity contribution in [1.82, 2.24) is 4.31 Å². The maximum absolute atomic E-state index is 13.8. The van der Waals surface area contributed by atoms with Crippen molar-refractivity contribution in [2.24, 2.45) is 0 Å². The van der Waals surface area contributed by atoms with E-state index in [-0.39, 0.29) is 42.6 Å². The van der Waals surface area contributed by atoms with E-state index in [1.54, 1.807) is 0 Å². The molecule has 1 saturated heterocycles. The van der Waals surface area contributed by atoms with Gasteiger partial charge in [0.2, 0.25) is 26.0 Å². The van der Waals surface area contributed by atoms with Gasteiger partial charge in [-0.2, -0.15) is 4.31 Å². The minimum absolute atomic E-state index is 0.0329. The molecule has 0 unspecified atom stereocenters. The predicted molar refractivity (Wildman–Crippen MR) is 113 cm³/mol. The maximum Gasteiger partial charge on any atom is 0.245 e. The fourth-order valence-electron chi connectivity index (χ4n) is 3.03. The molecule has 2 aromatic carbocycles. The van der Waals surface area contributed by atoms with Crippen LogP contribution in [-0.4, -0.2) is 66.2 Å². The number of nitrogens with zero attached hydrogens (tertiary/aromatic N) is 2. The molecular weight excluding hydrogens is 468 g/mol. The van der Waals surface area contributed by atoms with E-state index in [1.807, 2.05) is 0 Å². The number of halogens is 2. The molecule has 0 aliphatic carbocycles. The number of sulfonamides is 2. The second-order valence-electron chi connectivity index (χ2n) is 6.95. The lowest BCUT2D eigenvalue weighted by Crippen LogP contribution is -2.40. The van der Waals surface area contributed by atoms with Crippen LogP contribution < -0.4 is 9.62 Å². The van der Waals surface area contributed by atoms with Crippen molar-refractivity contribution in [2.75, 3.05) is 48.7 Å². The highest BCUT2D eigenvalue weighted by molar-refractivity contribution is 7.92. The lowest BCUT2D eigenvalue weighted by Gasteiger charge is -2.26. The lowest BCUT2D eigenvalue weighted by molar-refractivity contribution is -0.114. The highest BCUT2D eigenvalue weighted by Gasteiger charge is 2.27. The SMILES string of the molecule is CS(=O)(=O)N(CC(=O)Nc1ccc(F)cc1F)c1ccc(S(=O)(=O)N2CCOCC2)cc1. The van der Waals surface area contributed by atoms with E-state index in [4.69, 9.17) is 4.74 Å². The Morgan fingerprint density at radius 1 is 1.06 bits per heavy atom. The summed E-state index contributed by atoms with van der Waals surface area (Å²) in [4.78, 5) is 12.3. The molecule has 3 rings (SSSR count). The first-order valence-corrected chi connectivity index (χ1v) is 12.7. The van der Waals surface area contributed by atoms with Crippen LogP contribution in [0.4, 0.5) is 20.2 Å². The number of rotatable bonds is 7. The van der Waals surface area contributed by atoms with E-state index in [2.05, 4.69) is 5.32 Å². The summed E-state index contributed by atoms with van der Waals surface area (Å²) >= 11 is 0. The zero-order chi connectivity index (χ0) is 23.5. The quantitative estimate of drug-likeness (QED) is 0.629. The second-order valence-corrected chi connectivity index (χ2v) is 10.8. The van der Waals surface area contributed by atoms with Crippen LogP contribution in [0.1, 0.15) is 0 Å². The Kier molecular flexibility index (Phi) is 7.12. The van der Waals surface area contributed by atoms with Gasteiger partial charge in [-0.05, 0) is 36.4 Å². The smallest absolute Gasteiger partial charge is 0.245 e. The van der Waals surface area contributed by atoms with Gasteiger partial charge in [-0.3, -0.25) is 9.10 Å². The lowest BCUT2D eigenvalue weighted by atomic mass is 10.3. The molecule has 0 atom stereocenters. The molecule has 1 heterocycles. The standard InChI is InChI=1S/C19H21F2N3O6S2/c1-31(26,27)24(13-19(25)22-18-7-2-14(20)12-17(18)21)15-3-5-16(6-4-15)32(28,29)23-8-10-30-11-9-23/h2-7,12H,8-11,13H2,1H3,(H,22,25). The number of carbonyl (C=O) groups is 1. The topological polar surface area (TPSA) is 113 Å². The second kappa shape index (κ2) is 9.48. The van der Waals surface area contributed by atoms with Crippen molar-refractivity contribution in [3.63, 3.8) is 0 Å². The summed E-state index contributed by atoms with van der Waals surface area (Å²) in [5.74, 6) is -2.71. The van der Waals surface area contributed by atoms with Gasteiger partial charge < -0.3 is 10.1 Å². The van der Waals surface area contributed by atoms with E-state index in [0.717, 1.165) is 22.7 Å². The first-order valence-electron chi connectivity index (χ1n) is 9.39. The van der Waals surface area contributed by atoms with Gasteiger partial charge in [-0.25, -0.2) is 25.6 Å². The Bertz CT molecular complexity index is 1200. The largest absolute Gasteiger partial charge is 0.379 e. The van der Waals surface area contributed by atoms with Crippen LogP contribution in [0.5, 0.6) is 0 Å². The molecule has 0 saturated carbocycles. The van der Waals surface area contributed by atoms with Gasteiger partial charge in [0.15, 0.2) is 0 Å². The van der Waals surface area contributed by atoms with Crippen LogP contribution in [0.3, 0.4) is 0 Å². The number of ether oxygens (including phenoxy) is 1. The van der Waals surface area contributed by atoms with E-state index in [9.17, 15) is 30.4 Å². The van der Waals surface area contributed by atoms with Crippen LogP contribution in [0, 0.1) is 11.6 Å². The summed E-state index contributed by atoms with van der Waals surface area (Å²) in [7, 11) is -7.73. The molecular formula is C19H21F2N3O6S2. The third kappa shape index (κ3) is 5.59. The molecule has 13 heteroatoms. The molecule has 1 fully saturated rings. The van der Waals surface area contributed by atoms with E-state index in [0.29, 0.717) is 6.07 Å². The van der Waals surface area contributed by atoms with Crippen LogP contribution in [0.15, 0.2) is 47.4 Å². The third-order valence-corrected chi connectivity index (χ3v) is 7.68. The summed E-state index contributed by atoms with van der Waals surface area (Å²) in [6.45, 7) is 0.274.